The Kier molecular flexibility index (Phi) is 5.31. The molecule has 1 aromatic heterocycles. The number of hydrogen-bond donors (Lipinski definition) is 2. The van der Waals surface area contributed by atoms with Crippen LogP contribution in [0.1, 0.15) is 24.2 Å². The lowest BCUT2D eigenvalue weighted by molar-refractivity contribution is 0.378. The molecule has 3 rings (SSSR count). The highest BCUT2D eigenvalue weighted by Crippen LogP contribution is 2.30. The Labute approximate surface area is 151 Å². The van der Waals surface area contributed by atoms with Gasteiger partial charge in [-0.3, -0.25) is 4.99 Å². The van der Waals surface area contributed by atoms with Crippen molar-refractivity contribution in [3.05, 3.63) is 71.7 Å². The van der Waals surface area contributed by atoms with Gasteiger partial charge in [-0.2, -0.15) is 0 Å². The lowest BCUT2D eigenvalue weighted by Gasteiger charge is -2.10. The molecule has 0 radical (unpaired) electrons. The summed E-state index contributed by atoms with van der Waals surface area (Å²) in [5, 5.41) is 9.90. The van der Waals surface area contributed by atoms with Crippen LogP contribution in [0.2, 0.25) is 0 Å². The van der Waals surface area contributed by atoms with Crippen LogP contribution in [0.15, 0.2) is 64.1 Å². The molecule has 0 aliphatic rings. The van der Waals surface area contributed by atoms with Gasteiger partial charge in [0.1, 0.15) is 11.6 Å². The molecule has 0 spiro atoms. The van der Waals surface area contributed by atoms with Gasteiger partial charge in [0.25, 0.3) is 0 Å². The van der Waals surface area contributed by atoms with Gasteiger partial charge in [0.15, 0.2) is 11.8 Å². The molecule has 2 aromatic carbocycles. The highest BCUT2D eigenvalue weighted by molar-refractivity contribution is 5.92. The van der Waals surface area contributed by atoms with Gasteiger partial charge in [0.2, 0.25) is 0 Å². The molecule has 6 heteroatoms. The molecular formula is C20H21FN4O. The molecule has 1 unspecified atom stereocenters. The van der Waals surface area contributed by atoms with E-state index < -0.39 is 0 Å². The van der Waals surface area contributed by atoms with Crippen molar-refractivity contribution in [2.45, 2.75) is 12.8 Å². The van der Waals surface area contributed by atoms with Crippen LogP contribution in [0.3, 0.4) is 0 Å². The lowest BCUT2D eigenvalue weighted by atomic mass is 9.95. The summed E-state index contributed by atoms with van der Waals surface area (Å²) in [4.78, 5) is 4.03. The van der Waals surface area contributed by atoms with Crippen LogP contribution in [0.4, 0.5) is 10.2 Å². The molecule has 0 bridgehead atoms. The number of aromatic nitrogens is 1. The predicted molar refractivity (Wildman–Crippen MR) is 102 cm³/mol. The quantitative estimate of drug-likeness (QED) is 0.544. The number of nitrogens with zero attached hydrogens (tertiary/aromatic N) is 2. The maximum Gasteiger partial charge on any atom is 0.196 e. The second kappa shape index (κ2) is 7.82. The van der Waals surface area contributed by atoms with Crippen molar-refractivity contribution in [1.29, 1.82) is 0 Å². The summed E-state index contributed by atoms with van der Waals surface area (Å²) in [5.41, 5.74) is 2.26. The van der Waals surface area contributed by atoms with Gasteiger partial charge in [-0.05, 0) is 17.2 Å². The highest BCUT2D eigenvalue weighted by atomic mass is 19.1. The van der Waals surface area contributed by atoms with Gasteiger partial charge >= 0.3 is 0 Å². The molecule has 1 atom stereocenters. The van der Waals surface area contributed by atoms with E-state index in [1.54, 1.807) is 32.3 Å². The number of halogens is 1. The zero-order chi connectivity index (χ0) is 18.5. The Bertz CT molecular complexity index is 905. The van der Waals surface area contributed by atoms with Gasteiger partial charge in [-0.15, -0.1) is 0 Å². The minimum atomic E-state index is -0.256. The Morgan fingerprint density at radius 2 is 1.92 bits per heavy atom. The van der Waals surface area contributed by atoms with Crippen molar-refractivity contribution in [2.75, 3.05) is 19.4 Å². The third-order valence-corrected chi connectivity index (χ3v) is 4.24. The lowest BCUT2D eigenvalue weighted by Crippen LogP contribution is -2.26. The smallest absolute Gasteiger partial charge is 0.196 e. The number of rotatable bonds is 4. The van der Waals surface area contributed by atoms with Crippen molar-refractivity contribution in [3.63, 3.8) is 0 Å². The first-order valence-corrected chi connectivity index (χ1v) is 8.35. The Balaban J connectivity index is 1.81. The zero-order valence-electron chi connectivity index (χ0n) is 15.0. The molecule has 26 heavy (non-hydrogen) atoms. The predicted octanol–water partition coefficient (Wildman–Crippen LogP) is 4.25. The van der Waals surface area contributed by atoms with Crippen molar-refractivity contribution in [1.82, 2.24) is 10.5 Å². The van der Waals surface area contributed by atoms with Crippen molar-refractivity contribution < 1.29 is 8.91 Å². The number of aliphatic imine (C=N–C) groups is 1. The van der Waals surface area contributed by atoms with Crippen molar-refractivity contribution in [2.24, 2.45) is 4.99 Å². The first-order valence-electron chi connectivity index (χ1n) is 8.35. The van der Waals surface area contributed by atoms with E-state index in [0.29, 0.717) is 23.1 Å². The third-order valence-electron chi connectivity index (χ3n) is 4.24. The van der Waals surface area contributed by atoms with Gasteiger partial charge in [0.05, 0.1) is 0 Å². The van der Waals surface area contributed by atoms with Crippen LogP contribution < -0.4 is 10.6 Å². The van der Waals surface area contributed by atoms with Crippen LogP contribution in [-0.2, 0) is 0 Å². The standard InChI is InChI=1S/C20H21FN4O/c1-13(18-12-19(25-26-18)24-20(22-2)23-3)15-9-10-16(17(21)11-15)14-7-5-4-6-8-14/h4-13H,1-3H3,(H2,22,23,24,25). The molecule has 0 aliphatic carbocycles. The van der Waals surface area contributed by atoms with Crippen molar-refractivity contribution >= 4 is 11.8 Å². The molecule has 1 heterocycles. The monoisotopic (exact) mass is 352 g/mol. The van der Waals surface area contributed by atoms with E-state index in [4.69, 9.17) is 4.52 Å². The number of benzene rings is 2. The van der Waals surface area contributed by atoms with E-state index in [-0.39, 0.29) is 11.7 Å². The van der Waals surface area contributed by atoms with Gasteiger partial charge in [-0.1, -0.05) is 54.5 Å². The Morgan fingerprint density at radius 1 is 1.15 bits per heavy atom. The van der Waals surface area contributed by atoms with E-state index in [1.807, 2.05) is 43.3 Å². The van der Waals surface area contributed by atoms with Gasteiger partial charge < -0.3 is 15.2 Å². The van der Waals surface area contributed by atoms with Crippen LogP contribution in [0.25, 0.3) is 11.1 Å². The molecule has 0 fully saturated rings. The van der Waals surface area contributed by atoms with Gasteiger partial charge in [-0.25, -0.2) is 4.39 Å². The van der Waals surface area contributed by atoms with E-state index in [0.717, 1.165) is 11.1 Å². The summed E-state index contributed by atoms with van der Waals surface area (Å²) in [6, 6.07) is 16.5. The second-order valence-electron chi connectivity index (χ2n) is 5.89. The van der Waals surface area contributed by atoms with Crippen LogP contribution >= 0.6 is 0 Å². The molecule has 0 aliphatic heterocycles. The summed E-state index contributed by atoms with van der Waals surface area (Å²) in [5.74, 6) is 1.38. The van der Waals surface area contributed by atoms with Crippen LogP contribution in [0, 0.1) is 5.82 Å². The summed E-state index contributed by atoms with van der Waals surface area (Å²) in [6.45, 7) is 1.95. The fourth-order valence-electron chi connectivity index (χ4n) is 2.72. The molecule has 3 aromatic rings. The fraction of sp³-hybridized carbons (Fsp3) is 0.200. The van der Waals surface area contributed by atoms with Crippen LogP contribution in [0.5, 0.6) is 0 Å². The van der Waals surface area contributed by atoms with E-state index >= 15 is 0 Å². The molecule has 2 N–H and O–H groups in total. The summed E-state index contributed by atoms with van der Waals surface area (Å²) in [6.07, 6.45) is 0. The highest BCUT2D eigenvalue weighted by Gasteiger charge is 2.17. The van der Waals surface area contributed by atoms with Gasteiger partial charge in [0, 0.05) is 31.6 Å². The largest absolute Gasteiger partial charge is 0.359 e. The third kappa shape index (κ3) is 3.74. The Morgan fingerprint density at radius 3 is 2.58 bits per heavy atom. The summed E-state index contributed by atoms with van der Waals surface area (Å²) in [7, 11) is 3.43. The normalized spacial score (nSPS) is 12.7. The first kappa shape index (κ1) is 17.7. The average molecular weight is 352 g/mol. The maximum atomic E-state index is 14.6. The average Bonchev–Trinajstić information content (AvgIpc) is 3.14. The Hall–Kier alpha value is -3.15. The SMILES string of the molecule is CN=C(NC)Nc1cc(C(C)c2ccc(-c3ccccc3)c(F)c2)on1. The molecule has 134 valence electrons. The maximum absolute atomic E-state index is 14.6. The minimum Gasteiger partial charge on any atom is -0.359 e. The summed E-state index contributed by atoms with van der Waals surface area (Å²) >= 11 is 0. The zero-order valence-corrected chi connectivity index (χ0v) is 15.0. The summed E-state index contributed by atoms with van der Waals surface area (Å²) < 4.78 is 20.0. The molecule has 0 saturated heterocycles. The topological polar surface area (TPSA) is 62.5 Å². The second-order valence-corrected chi connectivity index (χ2v) is 5.89. The van der Waals surface area contributed by atoms with E-state index in [1.165, 1.54) is 0 Å². The number of nitrogens with one attached hydrogen (secondary N) is 2. The minimum absolute atomic E-state index is 0.131. The number of guanidine groups is 1. The first-order chi connectivity index (χ1) is 12.6. The van der Waals surface area contributed by atoms with Crippen LogP contribution in [-0.4, -0.2) is 25.2 Å². The van der Waals surface area contributed by atoms with E-state index in [2.05, 4.69) is 20.8 Å². The molecule has 0 amide bonds. The fourth-order valence-corrected chi connectivity index (χ4v) is 2.72. The molecule has 5 nitrogen and oxygen atoms in total. The number of anilines is 1. The van der Waals surface area contributed by atoms with Crippen molar-refractivity contribution in [3.8, 4) is 11.1 Å². The molecular weight excluding hydrogens is 331 g/mol. The number of hydrogen-bond acceptors (Lipinski definition) is 3. The van der Waals surface area contributed by atoms with E-state index in [9.17, 15) is 4.39 Å². The molecule has 0 saturated carbocycles.